The van der Waals surface area contributed by atoms with Crippen LogP contribution in [0.4, 0.5) is 5.69 Å². The second-order valence-electron chi connectivity index (χ2n) is 6.03. The smallest absolute Gasteiger partial charge is 0.261 e. The molecule has 134 valence electrons. The second-order valence-corrected chi connectivity index (χ2v) is 7.71. The summed E-state index contributed by atoms with van der Waals surface area (Å²) in [6.07, 6.45) is 0.792. The van der Waals surface area contributed by atoms with Crippen LogP contribution in [0.5, 0.6) is 5.75 Å². The van der Waals surface area contributed by atoms with Gasteiger partial charge in [0.2, 0.25) is 0 Å². The van der Waals surface area contributed by atoms with Crippen LogP contribution in [0.25, 0.3) is 0 Å². The number of nitrogens with one attached hydrogen (secondary N) is 1. The molecule has 3 aromatic carbocycles. The van der Waals surface area contributed by atoms with Gasteiger partial charge in [-0.2, -0.15) is 0 Å². The van der Waals surface area contributed by atoms with Gasteiger partial charge in [0, 0.05) is 12.5 Å². The largest absolute Gasteiger partial charge is 0.493 e. The van der Waals surface area contributed by atoms with E-state index in [0.29, 0.717) is 18.0 Å². The van der Waals surface area contributed by atoms with Gasteiger partial charge >= 0.3 is 0 Å². The molecule has 0 heterocycles. The summed E-state index contributed by atoms with van der Waals surface area (Å²) in [6, 6.07) is 23.8. The summed E-state index contributed by atoms with van der Waals surface area (Å²) in [5.74, 6) is 0.630. The third-order valence-electron chi connectivity index (χ3n) is 3.92. The first-order chi connectivity index (χ1) is 12.5. The van der Waals surface area contributed by atoms with Gasteiger partial charge in [0.15, 0.2) is 0 Å². The monoisotopic (exact) mass is 367 g/mol. The van der Waals surface area contributed by atoms with Gasteiger partial charge in [-0.05, 0) is 36.8 Å². The Labute approximate surface area is 154 Å². The fourth-order valence-electron chi connectivity index (χ4n) is 2.51. The van der Waals surface area contributed by atoms with Gasteiger partial charge in [-0.3, -0.25) is 4.72 Å². The Kier molecular flexibility index (Phi) is 5.58. The number of aryl methyl sites for hydroxylation is 1. The Balaban J connectivity index is 1.64. The van der Waals surface area contributed by atoms with Crippen LogP contribution in [0.1, 0.15) is 11.1 Å². The molecule has 0 aliphatic carbocycles. The third-order valence-corrected chi connectivity index (χ3v) is 5.32. The van der Waals surface area contributed by atoms with E-state index in [2.05, 4.69) is 16.9 Å². The Morgan fingerprint density at radius 3 is 2.35 bits per heavy atom. The van der Waals surface area contributed by atoms with Crippen LogP contribution >= 0.6 is 0 Å². The predicted molar refractivity (Wildman–Crippen MR) is 104 cm³/mol. The number of anilines is 1. The molecule has 0 spiro atoms. The molecule has 0 unspecified atom stereocenters. The highest BCUT2D eigenvalue weighted by atomic mass is 32.2. The van der Waals surface area contributed by atoms with Crippen molar-refractivity contribution in [3.05, 3.63) is 90.0 Å². The fraction of sp³-hybridized carbons (Fsp3) is 0.143. The minimum atomic E-state index is -3.62. The van der Waals surface area contributed by atoms with Crippen molar-refractivity contribution in [3.8, 4) is 5.75 Å². The molecule has 3 rings (SSSR count). The normalized spacial score (nSPS) is 11.1. The van der Waals surface area contributed by atoms with Crippen molar-refractivity contribution in [2.24, 2.45) is 0 Å². The lowest BCUT2D eigenvalue weighted by atomic mass is 10.2. The van der Waals surface area contributed by atoms with Crippen LogP contribution in [0.3, 0.4) is 0 Å². The van der Waals surface area contributed by atoms with E-state index in [1.165, 1.54) is 5.56 Å². The number of ether oxygens (including phenoxy) is 1. The summed E-state index contributed by atoms with van der Waals surface area (Å²) >= 11 is 0. The van der Waals surface area contributed by atoms with E-state index in [0.717, 1.165) is 12.0 Å². The Hall–Kier alpha value is -2.79. The molecule has 0 aliphatic heterocycles. The van der Waals surface area contributed by atoms with E-state index in [9.17, 15) is 8.42 Å². The maximum absolute atomic E-state index is 12.5. The third kappa shape index (κ3) is 4.86. The molecule has 3 aromatic rings. The van der Waals surface area contributed by atoms with Gasteiger partial charge in [0.25, 0.3) is 10.0 Å². The number of rotatable bonds is 7. The van der Waals surface area contributed by atoms with Gasteiger partial charge in [-0.1, -0.05) is 54.1 Å². The molecule has 0 bridgehead atoms. The van der Waals surface area contributed by atoms with Crippen molar-refractivity contribution in [3.63, 3.8) is 0 Å². The molecule has 0 saturated carbocycles. The topological polar surface area (TPSA) is 55.4 Å². The lowest BCUT2D eigenvalue weighted by molar-refractivity contribution is 0.322. The highest BCUT2D eigenvalue weighted by molar-refractivity contribution is 7.92. The Morgan fingerprint density at radius 2 is 1.62 bits per heavy atom. The summed E-state index contributed by atoms with van der Waals surface area (Å²) in [5.41, 5.74) is 2.68. The highest BCUT2D eigenvalue weighted by Crippen LogP contribution is 2.21. The predicted octanol–water partition coefficient (Wildman–Crippen LogP) is 4.42. The van der Waals surface area contributed by atoms with E-state index in [4.69, 9.17) is 4.74 Å². The molecule has 0 aliphatic rings. The lowest BCUT2D eigenvalue weighted by Crippen LogP contribution is -2.13. The highest BCUT2D eigenvalue weighted by Gasteiger charge is 2.14. The van der Waals surface area contributed by atoms with Gasteiger partial charge in [0.1, 0.15) is 5.75 Å². The van der Waals surface area contributed by atoms with E-state index in [1.807, 2.05) is 31.2 Å². The van der Waals surface area contributed by atoms with Crippen molar-refractivity contribution in [1.82, 2.24) is 0 Å². The first kappa shape index (κ1) is 18.0. The van der Waals surface area contributed by atoms with Gasteiger partial charge < -0.3 is 4.74 Å². The summed E-state index contributed by atoms with van der Waals surface area (Å²) < 4.78 is 33.3. The van der Waals surface area contributed by atoms with Crippen LogP contribution in [0, 0.1) is 6.92 Å². The zero-order chi connectivity index (χ0) is 18.4. The zero-order valence-electron chi connectivity index (χ0n) is 14.6. The van der Waals surface area contributed by atoms with Crippen LogP contribution in [-0.4, -0.2) is 15.0 Å². The molecule has 0 aromatic heterocycles. The summed E-state index contributed by atoms with van der Waals surface area (Å²) in [7, 11) is -3.62. The molecule has 0 atom stereocenters. The Morgan fingerprint density at radius 1 is 0.885 bits per heavy atom. The van der Waals surface area contributed by atoms with Crippen LogP contribution in [0.15, 0.2) is 83.8 Å². The fourth-order valence-corrected chi connectivity index (χ4v) is 3.56. The number of hydrogen-bond acceptors (Lipinski definition) is 3. The quantitative estimate of drug-likeness (QED) is 0.673. The molecule has 5 heteroatoms. The molecule has 26 heavy (non-hydrogen) atoms. The van der Waals surface area contributed by atoms with Crippen molar-refractivity contribution < 1.29 is 13.2 Å². The molecule has 0 fully saturated rings. The van der Waals surface area contributed by atoms with Gasteiger partial charge in [0.05, 0.1) is 17.2 Å². The molecule has 0 radical (unpaired) electrons. The lowest BCUT2D eigenvalue weighted by Gasteiger charge is -2.11. The summed E-state index contributed by atoms with van der Waals surface area (Å²) in [4.78, 5) is 0.235. The summed E-state index contributed by atoms with van der Waals surface area (Å²) in [5, 5.41) is 0. The van der Waals surface area contributed by atoms with Crippen molar-refractivity contribution in [2.75, 3.05) is 11.3 Å². The van der Waals surface area contributed by atoms with Crippen LogP contribution in [-0.2, 0) is 16.4 Å². The molecule has 0 saturated heterocycles. The maximum Gasteiger partial charge on any atom is 0.261 e. The molecular formula is C21H21NO3S. The molecule has 1 N–H and O–H groups in total. The van der Waals surface area contributed by atoms with E-state index >= 15 is 0 Å². The van der Waals surface area contributed by atoms with Gasteiger partial charge in [-0.25, -0.2) is 8.42 Å². The SMILES string of the molecule is Cc1ccc(S(=O)(=O)Nc2cccc(OCCc3ccccc3)c2)cc1. The minimum absolute atomic E-state index is 0.235. The second kappa shape index (κ2) is 8.06. The number of benzene rings is 3. The Bertz CT molecular complexity index is 952. The standard InChI is InChI=1S/C21H21NO3S/c1-17-10-12-21(13-11-17)26(23,24)22-19-8-5-9-20(16-19)25-15-14-18-6-3-2-4-7-18/h2-13,16,22H,14-15H2,1H3. The summed E-state index contributed by atoms with van der Waals surface area (Å²) in [6.45, 7) is 2.44. The van der Waals surface area contributed by atoms with E-state index in [1.54, 1.807) is 42.5 Å². The molecule has 4 nitrogen and oxygen atoms in total. The first-order valence-corrected chi connectivity index (χ1v) is 9.87. The molecular weight excluding hydrogens is 346 g/mol. The van der Waals surface area contributed by atoms with E-state index < -0.39 is 10.0 Å². The first-order valence-electron chi connectivity index (χ1n) is 8.39. The molecule has 0 amide bonds. The maximum atomic E-state index is 12.5. The minimum Gasteiger partial charge on any atom is -0.493 e. The zero-order valence-corrected chi connectivity index (χ0v) is 15.4. The van der Waals surface area contributed by atoms with Crippen LogP contribution < -0.4 is 9.46 Å². The van der Waals surface area contributed by atoms with E-state index in [-0.39, 0.29) is 4.90 Å². The average Bonchev–Trinajstić information content (AvgIpc) is 2.63. The van der Waals surface area contributed by atoms with Crippen LogP contribution in [0.2, 0.25) is 0 Å². The average molecular weight is 367 g/mol. The van der Waals surface area contributed by atoms with Crippen molar-refractivity contribution in [2.45, 2.75) is 18.2 Å². The van der Waals surface area contributed by atoms with Crippen molar-refractivity contribution in [1.29, 1.82) is 0 Å². The van der Waals surface area contributed by atoms with Crippen molar-refractivity contribution >= 4 is 15.7 Å². The number of sulfonamides is 1. The van der Waals surface area contributed by atoms with Gasteiger partial charge in [-0.15, -0.1) is 0 Å². The number of hydrogen-bond donors (Lipinski definition) is 1.